The summed E-state index contributed by atoms with van der Waals surface area (Å²) in [5.41, 5.74) is 3.18. The molecule has 5 nitrogen and oxygen atoms in total. The van der Waals surface area contributed by atoms with Crippen LogP contribution in [0.4, 0.5) is 5.69 Å². The Morgan fingerprint density at radius 3 is 2.87 bits per heavy atom. The lowest BCUT2D eigenvalue weighted by Crippen LogP contribution is -2.14. The third-order valence-electron chi connectivity index (χ3n) is 4.23. The molecule has 1 aromatic carbocycles. The van der Waals surface area contributed by atoms with Crippen molar-refractivity contribution in [3.05, 3.63) is 42.6 Å². The van der Waals surface area contributed by atoms with Crippen molar-refractivity contribution in [2.45, 2.75) is 38.6 Å². The van der Waals surface area contributed by atoms with E-state index in [1.807, 2.05) is 16.8 Å². The molecule has 0 atom stereocenters. The summed E-state index contributed by atoms with van der Waals surface area (Å²) in [4.78, 5) is 11.2. The fourth-order valence-electron chi connectivity index (χ4n) is 2.89. The van der Waals surface area contributed by atoms with Gasteiger partial charge in [-0.3, -0.25) is 9.48 Å². The number of hydrogen-bond donors (Lipinski definition) is 2. The van der Waals surface area contributed by atoms with Crippen LogP contribution in [-0.4, -0.2) is 20.8 Å². The van der Waals surface area contributed by atoms with Gasteiger partial charge < -0.3 is 10.4 Å². The summed E-state index contributed by atoms with van der Waals surface area (Å²) in [5.74, 6) is 0.549. The fraction of sp³-hybridized carbons (Fsp3) is 0.333. The highest BCUT2D eigenvalue weighted by Gasteiger charge is 2.25. The number of anilines is 1. The van der Waals surface area contributed by atoms with Crippen molar-refractivity contribution < 1.29 is 9.90 Å². The Balaban J connectivity index is 2.00. The summed E-state index contributed by atoms with van der Waals surface area (Å²) in [6.45, 7) is 5.90. The lowest BCUT2D eigenvalue weighted by molar-refractivity contribution is -0.114. The zero-order valence-corrected chi connectivity index (χ0v) is 13.2. The third-order valence-corrected chi connectivity index (χ3v) is 4.23. The first-order chi connectivity index (χ1) is 11.1. The van der Waals surface area contributed by atoms with Crippen molar-refractivity contribution >= 4 is 11.6 Å². The van der Waals surface area contributed by atoms with Crippen molar-refractivity contribution in [2.75, 3.05) is 5.32 Å². The van der Waals surface area contributed by atoms with Crippen LogP contribution in [0.3, 0.4) is 0 Å². The normalized spacial score (nSPS) is 14.3. The van der Waals surface area contributed by atoms with Crippen molar-refractivity contribution in [1.29, 1.82) is 0 Å². The van der Waals surface area contributed by atoms with Crippen LogP contribution in [0.1, 0.15) is 37.8 Å². The molecule has 2 aromatic rings. The van der Waals surface area contributed by atoms with Crippen LogP contribution in [0.15, 0.2) is 36.9 Å². The van der Waals surface area contributed by atoms with Gasteiger partial charge in [0.1, 0.15) is 5.75 Å². The predicted molar refractivity (Wildman–Crippen MR) is 90.4 cm³/mol. The van der Waals surface area contributed by atoms with Gasteiger partial charge in [-0.05, 0) is 37.1 Å². The van der Waals surface area contributed by atoms with Crippen LogP contribution in [-0.2, 0) is 11.3 Å². The smallest absolute Gasteiger partial charge is 0.221 e. The minimum Gasteiger partial charge on any atom is -0.507 e. The quantitative estimate of drug-likeness (QED) is 0.654. The molecule has 1 aliphatic rings. The molecule has 2 N–H and O–H groups in total. The maximum Gasteiger partial charge on any atom is 0.221 e. The number of aromatic nitrogens is 2. The average Bonchev–Trinajstić information content (AvgIpc) is 2.83. The molecule has 5 heteroatoms. The number of allylic oxidation sites excluding steroid dienone is 1. The highest BCUT2D eigenvalue weighted by Crippen LogP contribution is 2.39. The van der Waals surface area contributed by atoms with E-state index < -0.39 is 0 Å². The second-order valence-corrected chi connectivity index (χ2v) is 5.97. The zero-order valence-electron chi connectivity index (χ0n) is 13.2. The van der Waals surface area contributed by atoms with Gasteiger partial charge in [0, 0.05) is 29.8 Å². The molecule has 3 rings (SSSR count). The topological polar surface area (TPSA) is 67.2 Å². The first-order valence-corrected chi connectivity index (χ1v) is 7.88. The van der Waals surface area contributed by atoms with E-state index >= 15 is 0 Å². The molecule has 0 unspecified atom stereocenters. The predicted octanol–water partition coefficient (Wildman–Crippen LogP) is 3.67. The van der Waals surface area contributed by atoms with E-state index in [9.17, 15) is 9.90 Å². The Bertz CT molecular complexity index is 745. The molecule has 0 spiro atoms. The summed E-state index contributed by atoms with van der Waals surface area (Å²) in [5, 5.41) is 17.5. The summed E-state index contributed by atoms with van der Waals surface area (Å²) in [6, 6.07) is 7.05. The number of benzene rings is 1. The van der Waals surface area contributed by atoms with E-state index in [1.54, 1.807) is 18.2 Å². The molecule has 23 heavy (non-hydrogen) atoms. The lowest BCUT2D eigenvalue weighted by atomic mass is 9.82. The Morgan fingerprint density at radius 1 is 1.48 bits per heavy atom. The van der Waals surface area contributed by atoms with Gasteiger partial charge in [-0.2, -0.15) is 5.10 Å². The Kier molecular flexibility index (Phi) is 4.19. The number of phenolic OH excluding ortho intramolecular Hbond substituents is 1. The molecule has 1 fully saturated rings. The molecule has 1 amide bonds. The van der Waals surface area contributed by atoms with Crippen LogP contribution < -0.4 is 5.32 Å². The summed E-state index contributed by atoms with van der Waals surface area (Å²) >= 11 is 0. The number of nitrogens with one attached hydrogen (secondary N) is 1. The van der Waals surface area contributed by atoms with Gasteiger partial charge in [-0.25, -0.2) is 0 Å². The molecule has 1 heterocycles. The SMILES string of the molecule is C=CCn1nc(-c2cc(NC(C)=O)ccc2O)cc1C1CCC1. The van der Waals surface area contributed by atoms with Crippen LogP contribution >= 0.6 is 0 Å². The summed E-state index contributed by atoms with van der Waals surface area (Å²) in [6.07, 6.45) is 5.44. The monoisotopic (exact) mass is 311 g/mol. The van der Waals surface area contributed by atoms with Crippen LogP contribution in [0.2, 0.25) is 0 Å². The second kappa shape index (κ2) is 6.28. The van der Waals surface area contributed by atoms with Gasteiger partial charge in [-0.1, -0.05) is 12.5 Å². The van der Waals surface area contributed by atoms with Crippen LogP contribution in [0, 0.1) is 0 Å². The molecule has 0 bridgehead atoms. The fourth-order valence-corrected chi connectivity index (χ4v) is 2.89. The van der Waals surface area contributed by atoms with E-state index in [1.165, 1.54) is 31.9 Å². The molecule has 120 valence electrons. The highest BCUT2D eigenvalue weighted by atomic mass is 16.3. The number of carbonyl (C=O) groups excluding carboxylic acids is 1. The van der Waals surface area contributed by atoms with E-state index in [-0.39, 0.29) is 11.7 Å². The largest absolute Gasteiger partial charge is 0.507 e. The summed E-state index contributed by atoms with van der Waals surface area (Å²) < 4.78 is 1.96. The van der Waals surface area contributed by atoms with Crippen LogP contribution in [0.5, 0.6) is 5.75 Å². The molecule has 0 aliphatic heterocycles. The molecule has 1 aliphatic carbocycles. The Hall–Kier alpha value is -2.56. The molecule has 0 saturated heterocycles. The highest BCUT2D eigenvalue weighted by molar-refractivity contribution is 5.90. The zero-order chi connectivity index (χ0) is 16.4. The van der Waals surface area contributed by atoms with Crippen molar-refractivity contribution in [1.82, 2.24) is 9.78 Å². The van der Waals surface area contributed by atoms with Gasteiger partial charge in [0.25, 0.3) is 0 Å². The maximum atomic E-state index is 11.2. The van der Waals surface area contributed by atoms with Crippen molar-refractivity contribution in [3.8, 4) is 17.0 Å². The van der Waals surface area contributed by atoms with E-state index in [0.29, 0.717) is 23.7 Å². The number of nitrogens with zero attached hydrogens (tertiary/aromatic N) is 2. The maximum absolute atomic E-state index is 11.2. The van der Waals surface area contributed by atoms with E-state index in [2.05, 4.69) is 17.0 Å². The number of rotatable bonds is 5. The number of hydrogen-bond acceptors (Lipinski definition) is 3. The molecule has 1 saturated carbocycles. The van der Waals surface area contributed by atoms with Gasteiger partial charge in [0.15, 0.2) is 0 Å². The minimum absolute atomic E-state index is 0.144. The minimum atomic E-state index is -0.144. The van der Waals surface area contributed by atoms with Gasteiger partial charge in [0.05, 0.1) is 12.2 Å². The standard InChI is InChI=1S/C18H21N3O2/c1-3-9-21-17(13-5-4-6-13)11-16(20-21)15-10-14(19-12(2)22)7-8-18(15)23/h3,7-8,10-11,13,23H,1,4-6,9H2,2H3,(H,19,22). The molecular formula is C18H21N3O2. The van der Waals surface area contributed by atoms with Crippen molar-refractivity contribution in [2.24, 2.45) is 0 Å². The average molecular weight is 311 g/mol. The number of carbonyl (C=O) groups is 1. The summed E-state index contributed by atoms with van der Waals surface area (Å²) in [7, 11) is 0. The first-order valence-electron chi connectivity index (χ1n) is 7.88. The van der Waals surface area contributed by atoms with E-state index in [0.717, 1.165) is 5.69 Å². The molecule has 1 aromatic heterocycles. The number of amides is 1. The Labute approximate surface area is 135 Å². The molecular weight excluding hydrogens is 290 g/mol. The van der Waals surface area contributed by atoms with E-state index in [4.69, 9.17) is 0 Å². The van der Waals surface area contributed by atoms with Crippen molar-refractivity contribution in [3.63, 3.8) is 0 Å². The number of aromatic hydroxyl groups is 1. The Morgan fingerprint density at radius 2 is 2.26 bits per heavy atom. The number of phenols is 1. The third kappa shape index (κ3) is 3.13. The lowest BCUT2D eigenvalue weighted by Gasteiger charge is -2.25. The van der Waals surface area contributed by atoms with Crippen LogP contribution in [0.25, 0.3) is 11.3 Å². The van der Waals surface area contributed by atoms with Gasteiger partial charge in [-0.15, -0.1) is 6.58 Å². The van der Waals surface area contributed by atoms with Gasteiger partial charge >= 0.3 is 0 Å². The van der Waals surface area contributed by atoms with Gasteiger partial charge in [0.2, 0.25) is 5.91 Å². The molecule has 0 radical (unpaired) electrons. The first kappa shape index (κ1) is 15.3. The second-order valence-electron chi connectivity index (χ2n) is 5.97.